The summed E-state index contributed by atoms with van der Waals surface area (Å²) in [5, 5.41) is 24.6. The van der Waals surface area contributed by atoms with Gasteiger partial charge >= 0.3 is 0 Å². The summed E-state index contributed by atoms with van der Waals surface area (Å²) in [5.74, 6) is 2.69. The number of rotatable bonds is 4. The third-order valence-electron chi connectivity index (χ3n) is 25.2. The van der Waals surface area contributed by atoms with Gasteiger partial charge < -0.3 is 27.4 Å². The molecule has 0 saturated heterocycles. The fraction of sp³-hybridized carbons (Fsp3) is 0.231. The van der Waals surface area contributed by atoms with Gasteiger partial charge in [-0.2, -0.15) is 5.26 Å². The standard InChI is InChI=1S/C28H24N2.C28H25N.C24H33N.C22H21N.C19H16N2/c1-28(2,3)30-26-15-9-6-12-22(26)23-18-19(16-17-27(23)30)29-24-13-7-4-10-20(24)21-11-5-8-14-25(21)29;1-28(2,3)29-26-22(20-12-6-4-7-13-20)16-10-18-24(26)25-19-11-17-23(27(25)29)21-14-8-5-9-15-21;1-22(2,3)16-10-12-20-18(14-16)19-15-17(23(4,5)6)11-13-21(19)25(20)24(7,8)9;1-22(2,3)23-20-15-8-7-12-18(20)19-14-9-13-17(21(19)23)16-10-5-4-6-11-16;1-5-13-6-8-17-15(10-13)16-11-14(12-20)7-9-18(16)21(17)19(2,3)4/h4-18H,1-3H3;4-19H,1-3H3;10-15H,1-9H3;4-15H,1-3H3;1,6-11H,2-4H3. The van der Waals surface area contributed by atoms with Crippen LogP contribution in [0.1, 0.15) is 168 Å². The fourth-order valence-electron chi connectivity index (χ4n) is 19.7. The third-order valence-corrected chi connectivity index (χ3v) is 25.2. The summed E-state index contributed by atoms with van der Waals surface area (Å²) in [6, 6.07) is 122. The fourth-order valence-corrected chi connectivity index (χ4v) is 19.7. The van der Waals surface area contributed by atoms with Gasteiger partial charge in [-0.1, -0.05) is 278 Å². The van der Waals surface area contributed by atoms with Gasteiger partial charge in [-0.3, -0.25) is 0 Å². The van der Waals surface area contributed by atoms with Crippen LogP contribution in [0.15, 0.2) is 334 Å². The Morgan fingerprint density at radius 1 is 0.219 bits per heavy atom. The van der Waals surface area contributed by atoms with Crippen LogP contribution in [0.3, 0.4) is 0 Å². The molecule has 15 aromatic carbocycles. The predicted molar refractivity (Wildman–Crippen MR) is 553 cm³/mol. The third kappa shape index (κ3) is 15.9. The maximum atomic E-state index is 9.15. The number of hydrogen-bond acceptors (Lipinski definition) is 1. The van der Waals surface area contributed by atoms with Gasteiger partial charge in [-0.05, 0) is 246 Å². The molecule has 0 amide bonds. The van der Waals surface area contributed by atoms with Crippen molar-refractivity contribution in [3.63, 3.8) is 0 Å². The molecule has 0 unspecified atom stereocenters. The summed E-state index contributed by atoms with van der Waals surface area (Å²) in [6.45, 7) is 47.7. The lowest BCUT2D eigenvalue weighted by atomic mass is 9.85. The number of nitrogens with zero attached hydrogens (tertiary/aromatic N) is 7. The molecule has 6 heterocycles. The number of para-hydroxylation sites is 7. The highest BCUT2D eigenvalue weighted by Gasteiger charge is 2.30. The van der Waals surface area contributed by atoms with Crippen LogP contribution in [0, 0.1) is 23.7 Å². The van der Waals surface area contributed by atoms with E-state index in [9.17, 15) is 0 Å². The van der Waals surface area contributed by atoms with E-state index in [1.165, 1.54) is 159 Å². The van der Waals surface area contributed by atoms with Crippen molar-refractivity contribution in [1.82, 2.24) is 27.4 Å². The summed E-state index contributed by atoms with van der Waals surface area (Å²) in [4.78, 5) is 0. The predicted octanol–water partition coefficient (Wildman–Crippen LogP) is 33.3. The van der Waals surface area contributed by atoms with Gasteiger partial charge in [0.15, 0.2) is 0 Å². The first-order valence-electron chi connectivity index (χ1n) is 45.3. The van der Waals surface area contributed by atoms with Gasteiger partial charge in [0.05, 0.1) is 39.2 Å². The van der Waals surface area contributed by atoms with Gasteiger partial charge in [-0.25, -0.2) is 0 Å². The minimum atomic E-state index is -0.0598. The topological polar surface area (TPSA) is 53.4 Å². The quantitative estimate of drug-likeness (QED) is 0.162. The van der Waals surface area contributed by atoms with E-state index < -0.39 is 0 Å². The number of aromatic nitrogens is 6. The second-order valence-corrected chi connectivity index (χ2v) is 41.5. The van der Waals surface area contributed by atoms with Crippen LogP contribution in [0.4, 0.5) is 0 Å². The van der Waals surface area contributed by atoms with Crippen molar-refractivity contribution < 1.29 is 0 Å². The Morgan fingerprint density at radius 2 is 0.484 bits per heavy atom. The Balaban J connectivity index is 0.000000113. The van der Waals surface area contributed by atoms with Crippen LogP contribution in [0.25, 0.3) is 170 Å². The van der Waals surface area contributed by atoms with Crippen molar-refractivity contribution in [2.24, 2.45) is 0 Å². The molecule has 7 nitrogen and oxygen atoms in total. The first-order valence-corrected chi connectivity index (χ1v) is 45.3. The highest BCUT2D eigenvalue weighted by atomic mass is 15.1. The zero-order valence-corrected chi connectivity index (χ0v) is 78.5. The second kappa shape index (κ2) is 32.8. The van der Waals surface area contributed by atoms with E-state index in [0.29, 0.717) is 5.56 Å². The molecule has 128 heavy (non-hydrogen) atoms. The monoisotopic (exact) mass is 1670 g/mol. The normalized spacial score (nSPS) is 12.4. The number of benzene rings is 15. The molecule has 0 N–H and O–H groups in total. The molecule has 0 bridgehead atoms. The molecule has 0 aliphatic heterocycles. The summed E-state index contributed by atoms with van der Waals surface area (Å²) >= 11 is 0. The minimum Gasteiger partial charge on any atom is -0.335 e. The van der Waals surface area contributed by atoms with E-state index in [1.807, 2.05) is 30.3 Å². The summed E-state index contributed by atoms with van der Waals surface area (Å²) in [5.41, 5.74) is 28.7. The van der Waals surface area contributed by atoms with Gasteiger partial charge in [-0.15, -0.1) is 6.42 Å². The molecular formula is C121H119N7. The van der Waals surface area contributed by atoms with Crippen LogP contribution in [-0.2, 0) is 38.5 Å². The first-order chi connectivity index (χ1) is 60.9. The zero-order valence-electron chi connectivity index (χ0n) is 78.5. The highest BCUT2D eigenvalue weighted by Crippen LogP contribution is 2.47. The Bertz CT molecular complexity index is 7600. The Kier molecular flexibility index (Phi) is 22.1. The molecule has 0 spiro atoms. The summed E-state index contributed by atoms with van der Waals surface area (Å²) < 4.78 is 14.7. The smallest absolute Gasteiger partial charge is 0.0991 e. The van der Waals surface area contributed by atoms with Crippen molar-refractivity contribution in [3.8, 4) is 57.5 Å². The van der Waals surface area contributed by atoms with Crippen molar-refractivity contribution >= 4 is 131 Å². The van der Waals surface area contributed by atoms with Crippen LogP contribution < -0.4 is 0 Å². The summed E-state index contributed by atoms with van der Waals surface area (Å²) in [7, 11) is 0. The molecule has 0 atom stereocenters. The van der Waals surface area contributed by atoms with E-state index in [4.69, 9.17) is 11.7 Å². The van der Waals surface area contributed by atoms with E-state index in [-0.39, 0.29) is 38.5 Å². The molecule has 0 aliphatic rings. The lowest BCUT2D eigenvalue weighted by Gasteiger charge is -2.26. The molecule has 0 radical (unpaired) electrons. The number of terminal acetylenes is 1. The molecule has 0 aliphatic carbocycles. The Hall–Kier alpha value is -13.9. The molecule has 21 rings (SSSR count). The number of nitriles is 1. The lowest BCUT2D eigenvalue weighted by molar-refractivity contribution is 0.423. The Morgan fingerprint density at radius 3 is 0.844 bits per heavy atom. The van der Waals surface area contributed by atoms with Gasteiger partial charge in [0.1, 0.15) is 0 Å². The van der Waals surface area contributed by atoms with Crippen molar-refractivity contribution in [1.29, 1.82) is 5.26 Å². The molecule has 21 aromatic rings. The van der Waals surface area contributed by atoms with Crippen LogP contribution in [-0.4, -0.2) is 27.4 Å². The largest absolute Gasteiger partial charge is 0.335 e. The van der Waals surface area contributed by atoms with Crippen molar-refractivity contribution in [2.45, 2.75) is 184 Å². The average molecular weight is 1670 g/mol. The van der Waals surface area contributed by atoms with Gasteiger partial charge in [0, 0.05) is 159 Å². The molecule has 0 fully saturated rings. The van der Waals surface area contributed by atoms with Crippen molar-refractivity contribution in [3.05, 3.63) is 356 Å². The van der Waals surface area contributed by atoms with E-state index >= 15 is 0 Å². The molecule has 7 heteroatoms. The Labute approximate surface area is 755 Å². The lowest BCUT2D eigenvalue weighted by Crippen LogP contribution is -2.22. The van der Waals surface area contributed by atoms with Crippen LogP contribution in [0.5, 0.6) is 0 Å². The molecular weight excluding hydrogens is 1550 g/mol. The van der Waals surface area contributed by atoms with Crippen LogP contribution >= 0.6 is 0 Å². The number of hydrogen-bond donors (Lipinski definition) is 0. The van der Waals surface area contributed by atoms with E-state index in [2.05, 4.69) is 488 Å². The van der Waals surface area contributed by atoms with Crippen molar-refractivity contribution in [2.75, 3.05) is 0 Å². The highest BCUT2D eigenvalue weighted by molar-refractivity contribution is 6.18. The zero-order chi connectivity index (χ0) is 90.5. The second-order valence-electron chi connectivity index (χ2n) is 41.5. The first kappa shape index (κ1) is 86.3. The SMILES string of the molecule is C#Cc1ccc2c(c1)c1cc(C#N)ccc1n2C(C)(C)C.CC(C)(C)c1ccc2c(c1)c1cc(C(C)(C)C)ccc1n2C(C)(C)C.CC(C)(C)n1c2c(-c3ccccc3)cccc2c2cccc(-c3ccccc3)c21.CC(C)(C)n1c2ccccc2c2cc(-n3c4ccccc4c4ccccc43)ccc21.CC(C)(C)n1c2ccccc2c2cccc(-c3ccccc3)c21. The summed E-state index contributed by atoms with van der Waals surface area (Å²) in [6.07, 6.45) is 5.52. The molecule has 0 saturated carbocycles. The van der Waals surface area contributed by atoms with E-state index in [1.54, 1.807) is 0 Å². The molecule has 6 aromatic heterocycles. The number of fused-ring (bicyclic) bond motifs is 18. The minimum absolute atomic E-state index is 0.00964. The maximum absolute atomic E-state index is 9.15. The van der Waals surface area contributed by atoms with Gasteiger partial charge in [0.25, 0.3) is 0 Å². The molecule has 638 valence electrons. The van der Waals surface area contributed by atoms with Gasteiger partial charge in [0.2, 0.25) is 0 Å². The van der Waals surface area contributed by atoms with E-state index in [0.717, 1.165) is 27.4 Å². The maximum Gasteiger partial charge on any atom is 0.0991 e. The average Bonchev–Trinajstić information content (AvgIpc) is 1.57. The van der Waals surface area contributed by atoms with Crippen LogP contribution in [0.2, 0.25) is 0 Å².